The summed E-state index contributed by atoms with van der Waals surface area (Å²) in [7, 11) is -4.38. The van der Waals surface area contributed by atoms with Gasteiger partial charge in [-0.15, -0.1) is 0 Å². The van der Waals surface area contributed by atoms with Gasteiger partial charge in [0.05, 0.1) is 13.2 Å². The number of phosphoric acid groups is 1. The lowest BCUT2D eigenvalue weighted by atomic mass is 10.0. The van der Waals surface area contributed by atoms with E-state index in [1.165, 1.54) is 96.3 Å². The lowest BCUT2D eigenvalue weighted by Crippen LogP contribution is -2.29. The molecule has 292 valence electrons. The second kappa shape index (κ2) is 37.0. The second-order valence-electron chi connectivity index (χ2n) is 13.2. The van der Waals surface area contributed by atoms with Gasteiger partial charge < -0.3 is 20.1 Å². The molecule has 0 fully saturated rings. The molecule has 9 nitrogen and oxygen atoms in total. The molecular weight excluding hydrogens is 653 g/mol. The maximum absolute atomic E-state index is 12.5. The van der Waals surface area contributed by atoms with E-state index in [0.29, 0.717) is 6.42 Å². The predicted octanol–water partition coefficient (Wildman–Crippen LogP) is 11.0. The maximum atomic E-state index is 12.5. The van der Waals surface area contributed by atoms with Crippen molar-refractivity contribution in [1.29, 1.82) is 0 Å². The molecule has 0 heterocycles. The first-order valence-corrected chi connectivity index (χ1v) is 21.5. The summed E-state index contributed by atoms with van der Waals surface area (Å²) >= 11 is 0. The number of rotatable bonds is 37. The fourth-order valence-electron chi connectivity index (χ4n) is 5.30. The number of allylic oxidation sites excluding steroid dienone is 6. The Hall–Kier alpha value is -1.77. The Labute approximate surface area is 305 Å². The highest BCUT2D eigenvalue weighted by molar-refractivity contribution is 7.47. The predicted molar refractivity (Wildman–Crippen MR) is 206 cm³/mol. The SMILES string of the molecule is CCCCCCCC/C=C\C/C=C\C/C=C\CCCC(=O)O[C@H](COC(=O)CCCCCCCCCCCCCC)COP(=O)(O)OCCN. The third-order valence-corrected chi connectivity index (χ3v) is 9.26. The Morgan fingerprint density at radius 1 is 0.600 bits per heavy atom. The lowest BCUT2D eigenvalue weighted by Gasteiger charge is -2.19. The number of phosphoric ester groups is 1. The smallest absolute Gasteiger partial charge is 0.462 e. The van der Waals surface area contributed by atoms with Gasteiger partial charge in [0.15, 0.2) is 6.10 Å². The number of hydrogen-bond donors (Lipinski definition) is 2. The van der Waals surface area contributed by atoms with Crippen LogP contribution in [0.3, 0.4) is 0 Å². The Balaban J connectivity index is 4.29. The summed E-state index contributed by atoms with van der Waals surface area (Å²) < 4.78 is 32.6. The molecule has 0 radical (unpaired) electrons. The number of carbonyl (C=O) groups excluding carboxylic acids is 2. The summed E-state index contributed by atoms with van der Waals surface area (Å²) in [5, 5.41) is 0. The van der Waals surface area contributed by atoms with Crippen molar-refractivity contribution >= 4 is 19.8 Å². The van der Waals surface area contributed by atoms with Crippen molar-refractivity contribution in [2.45, 2.75) is 180 Å². The Morgan fingerprint density at radius 2 is 1.06 bits per heavy atom. The summed E-state index contributed by atoms with van der Waals surface area (Å²) in [6, 6.07) is 0. The van der Waals surface area contributed by atoms with E-state index < -0.39 is 32.5 Å². The van der Waals surface area contributed by atoms with Crippen LogP contribution in [-0.2, 0) is 32.7 Å². The van der Waals surface area contributed by atoms with E-state index in [1.54, 1.807) is 0 Å². The van der Waals surface area contributed by atoms with Gasteiger partial charge in [-0.2, -0.15) is 0 Å². The third-order valence-electron chi connectivity index (χ3n) is 8.28. The average Bonchev–Trinajstić information content (AvgIpc) is 3.10. The van der Waals surface area contributed by atoms with Crippen molar-refractivity contribution in [2.75, 3.05) is 26.4 Å². The minimum absolute atomic E-state index is 0.0461. The standard InChI is InChI=1S/C40H74NO8P/c1-3-5-7-9-11-13-15-17-18-19-20-21-23-25-27-29-31-33-40(43)49-38(37-48-50(44,45)47-35-34-41)36-46-39(42)32-30-28-26-24-22-16-14-12-10-8-6-4-2/h17-18,20-21,25,27,38H,3-16,19,22-24,26,28-37,41H2,1-2H3,(H,44,45)/b18-17-,21-20-,27-25-/t38-/m1/s1. The molecule has 3 N–H and O–H groups in total. The molecular formula is C40H74NO8P. The minimum atomic E-state index is -4.38. The molecule has 0 saturated carbocycles. The van der Waals surface area contributed by atoms with Crippen molar-refractivity contribution in [3.8, 4) is 0 Å². The molecule has 1 unspecified atom stereocenters. The topological polar surface area (TPSA) is 134 Å². The molecule has 0 saturated heterocycles. The summed E-state index contributed by atoms with van der Waals surface area (Å²) in [5.74, 6) is -0.889. The average molecular weight is 728 g/mol. The van der Waals surface area contributed by atoms with Crippen LogP contribution in [0.15, 0.2) is 36.5 Å². The van der Waals surface area contributed by atoms with Gasteiger partial charge >= 0.3 is 19.8 Å². The van der Waals surface area contributed by atoms with Gasteiger partial charge in [0.2, 0.25) is 0 Å². The quantitative estimate of drug-likeness (QED) is 0.0277. The second-order valence-corrected chi connectivity index (χ2v) is 14.6. The summed E-state index contributed by atoms with van der Waals surface area (Å²) in [6.45, 7) is 3.66. The molecule has 50 heavy (non-hydrogen) atoms. The Bertz CT molecular complexity index is 923. The molecule has 0 spiro atoms. The van der Waals surface area contributed by atoms with Crippen molar-refractivity contribution in [2.24, 2.45) is 5.73 Å². The van der Waals surface area contributed by atoms with E-state index in [9.17, 15) is 19.0 Å². The van der Waals surface area contributed by atoms with Crippen molar-refractivity contribution in [3.63, 3.8) is 0 Å². The molecule has 0 aromatic heterocycles. The van der Waals surface area contributed by atoms with E-state index in [2.05, 4.69) is 44.2 Å². The molecule has 2 atom stereocenters. The van der Waals surface area contributed by atoms with Crippen molar-refractivity contribution in [3.05, 3.63) is 36.5 Å². The zero-order valence-electron chi connectivity index (χ0n) is 31.9. The molecule has 10 heteroatoms. The van der Waals surface area contributed by atoms with Gasteiger partial charge in [-0.25, -0.2) is 4.57 Å². The molecule has 0 amide bonds. The van der Waals surface area contributed by atoms with Gasteiger partial charge in [-0.3, -0.25) is 18.6 Å². The molecule has 0 rings (SSSR count). The van der Waals surface area contributed by atoms with Crippen LogP contribution < -0.4 is 5.73 Å². The van der Waals surface area contributed by atoms with Crippen LogP contribution in [0.25, 0.3) is 0 Å². The normalized spacial score (nSPS) is 13.8. The fraction of sp³-hybridized carbons (Fsp3) is 0.800. The van der Waals surface area contributed by atoms with Gasteiger partial charge in [-0.05, 0) is 44.9 Å². The number of unbranched alkanes of at least 4 members (excludes halogenated alkanes) is 18. The third kappa shape index (κ3) is 36.0. The van der Waals surface area contributed by atoms with Crippen LogP contribution in [0.5, 0.6) is 0 Å². The summed E-state index contributed by atoms with van der Waals surface area (Å²) in [5.41, 5.74) is 5.33. The van der Waals surface area contributed by atoms with Gasteiger partial charge in [-0.1, -0.05) is 153 Å². The largest absolute Gasteiger partial charge is 0.472 e. The molecule has 0 aliphatic rings. The number of carbonyl (C=O) groups is 2. The van der Waals surface area contributed by atoms with Gasteiger partial charge in [0, 0.05) is 19.4 Å². The van der Waals surface area contributed by atoms with E-state index in [1.807, 2.05) is 6.08 Å². The monoisotopic (exact) mass is 728 g/mol. The van der Waals surface area contributed by atoms with Gasteiger partial charge in [0.1, 0.15) is 6.61 Å². The molecule has 0 aromatic rings. The van der Waals surface area contributed by atoms with E-state index >= 15 is 0 Å². The molecule has 0 aromatic carbocycles. The van der Waals surface area contributed by atoms with Crippen molar-refractivity contribution < 1.29 is 37.6 Å². The Kier molecular flexibility index (Phi) is 35.7. The van der Waals surface area contributed by atoms with E-state index in [0.717, 1.165) is 44.9 Å². The molecule has 0 aliphatic heterocycles. The van der Waals surface area contributed by atoms with Crippen LogP contribution in [0.1, 0.15) is 174 Å². The highest BCUT2D eigenvalue weighted by atomic mass is 31.2. The van der Waals surface area contributed by atoms with Crippen LogP contribution in [0.4, 0.5) is 0 Å². The molecule has 0 aliphatic carbocycles. The van der Waals surface area contributed by atoms with Crippen molar-refractivity contribution in [1.82, 2.24) is 0 Å². The van der Waals surface area contributed by atoms with Crippen LogP contribution in [0.2, 0.25) is 0 Å². The summed E-state index contributed by atoms with van der Waals surface area (Å²) in [6.07, 6.45) is 39.0. The zero-order chi connectivity index (χ0) is 36.8. The molecule has 0 bridgehead atoms. The minimum Gasteiger partial charge on any atom is -0.462 e. The highest BCUT2D eigenvalue weighted by Gasteiger charge is 2.25. The van der Waals surface area contributed by atoms with Crippen LogP contribution >= 0.6 is 7.82 Å². The van der Waals surface area contributed by atoms with Crippen LogP contribution in [0, 0.1) is 0 Å². The lowest BCUT2D eigenvalue weighted by molar-refractivity contribution is -0.161. The first-order chi connectivity index (χ1) is 24.3. The Morgan fingerprint density at radius 3 is 1.60 bits per heavy atom. The summed E-state index contributed by atoms with van der Waals surface area (Å²) in [4.78, 5) is 34.7. The van der Waals surface area contributed by atoms with Gasteiger partial charge in [0.25, 0.3) is 0 Å². The first-order valence-electron chi connectivity index (χ1n) is 20.0. The van der Waals surface area contributed by atoms with E-state index in [4.69, 9.17) is 24.3 Å². The fourth-order valence-corrected chi connectivity index (χ4v) is 6.06. The zero-order valence-corrected chi connectivity index (χ0v) is 32.8. The maximum Gasteiger partial charge on any atom is 0.472 e. The van der Waals surface area contributed by atoms with E-state index in [-0.39, 0.29) is 32.6 Å². The number of hydrogen-bond acceptors (Lipinski definition) is 8. The number of esters is 2. The number of ether oxygens (including phenoxy) is 2. The van der Waals surface area contributed by atoms with Crippen LogP contribution in [-0.4, -0.2) is 49.3 Å². The number of nitrogens with two attached hydrogens (primary N) is 1. The highest BCUT2D eigenvalue weighted by Crippen LogP contribution is 2.43. The first kappa shape index (κ1) is 48.2.